The number of rotatable bonds is 18. The maximum Gasteiger partial charge on any atom is 0.254 e. The lowest BCUT2D eigenvalue weighted by Crippen LogP contribution is -2.57. The van der Waals surface area contributed by atoms with Crippen molar-refractivity contribution in [2.75, 3.05) is 51.1 Å². The lowest BCUT2D eigenvalue weighted by atomic mass is 9.85. The monoisotopic (exact) mass is 1020 g/mol. The van der Waals surface area contributed by atoms with E-state index in [2.05, 4.69) is 46.3 Å². The van der Waals surface area contributed by atoms with Gasteiger partial charge in [-0.3, -0.25) is 38.4 Å². The molecule has 21 heteroatoms. The van der Waals surface area contributed by atoms with Crippen molar-refractivity contribution < 1.29 is 33.5 Å². The van der Waals surface area contributed by atoms with Crippen LogP contribution in [0.5, 0.6) is 0 Å². The standard InChI is InChI=1S/C52H62FN13O6S/c1-31-45(73-30-57-31)34-10-8-32(9-11-34)24-56-49(70)41-23-37(67)28-66(41)51(72)46(52(2,3)4)62-44(69)7-5-6-43(68)54-16-17-63-18-20-64(21-19-63)50(71)35-14-15-39(38(53)22-35)60-47-48-55-27-42(36-25-58-59-26-36)65(48)29-40(61-47)33-12-13-33/h8-11,14-15,22,25-27,29-30,33,37,41,46,67H,5-7,12-13,16-21,23-24,28H2,1-4H3,(H,54,68)(H,56,70)(H,58,59)(H,60,61)(H,62,69)/t37-,41+,46-/m1/s1. The largest absolute Gasteiger partial charge is 0.391 e. The number of piperazine rings is 1. The molecule has 5 amide bonds. The molecule has 3 atom stereocenters. The Bertz CT molecular complexity index is 2960. The maximum absolute atomic E-state index is 15.7. The van der Waals surface area contributed by atoms with E-state index < -0.39 is 41.2 Å². The third-order valence-electron chi connectivity index (χ3n) is 13.7. The van der Waals surface area contributed by atoms with Gasteiger partial charge in [-0.25, -0.2) is 19.3 Å². The van der Waals surface area contributed by atoms with Crippen LogP contribution in [0.3, 0.4) is 0 Å². The summed E-state index contributed by atoms with van der Waals surface area (Å²) in [4.78, 5) is 87.0. The summed E-state index contributed by atoms with van der Waals surface area (Å²) in [5.41, 5.74) is 7.50. The first-order valence-electron chi connectivity index (χ1n) is 24.9. The summed E-state index contributed by atoms with van der Waals surface area (Å²) in [5, 5.41) is 29.3. The Labute approximate surface area is 426 Å². The van der Waals surface area contributed by atoms with E-state index in [9.17, 15) is 29.1 Å². The molecule has 6 N–H and O–H groups in total. The molecular weight excluding hydrogens is 954 g/mol. The van der Waals surface area contributed by atoms with Crippen LogP contribution < -0.4 is 21.3 Å². The third-order valence-corrected chi connectivity index (χ3v) is 14.7. The van der Waals surface area contributed by atoms with Crippen molar-refractivity contribution in [3.8, 4) is 21.7 Å². The van der Waals surface area contributed by atoms with E-state index in [-0.39, 0.29) is 67.7 Å². The zero-order chi connectivity index (χ0) is 51.4. The number of hydrogen-bond donors (Lipinski definition) is 6. The first-order valence-corrected chi connectivity index (χ1v) is 25.7. The summed E-state index contributed by atoms with van der Waals surface area (Å²) in [6.45, 7) is 10.6. The molecule has 19 nitrogen and oxygen atoms in total. The van der Waals surface area contributed by atoms with Crippen LogP contribution in [-0.2, 0) is 25.7 Å². The van der Waals surface area contributed by atoms with Gasteiger partial charge in [0.05, 0.1) is 51.7 Å². The zero-order valence-electron chi connectivity index (χ0n) is 41.5. The number of carbonyl (C=O) groups is 5. The van der Waals surface area contributed by atoms with Crippen LogP contribution in [0.1, 0.15) is 92.5 Å². The van der Waals surface area contributed by atoms with Crippen molar-refractivity contribution in [3.63, 3.8) is 0 Å². The fraction of sp³-hybridized carbons (Fsp3) is 0.442. The van der Waals surface area contributed by atoms with E-state index in [1.807, 2.05) is 62.6 Å². The molecule has 73 heavy (non-hydrogen) atoms. The lowest BCUT2D eigenvalue weighted by Gasteiger charge is -2.35. The Kier molecular flexibility index (Phi) is 15.3. The fourth-order valence-corrected chi connectivity index (χ4v) is 10.2. The molecule has 2 aromatic carbocycles. The summed E-state index contributed by atoms with van der Waals surface area (Å²) >= 11 is 1.56. The van der Waals surface area contributed by atoms with E-state index >= 15 is 4.39 Å². The molecule has 6 heterocycles. The highest BCUT2D eigenvalue weighted by atomic mass is 32.1. The summed E-state index contributed by atoms with van der Waals surface area (Å²) in [7, 11) is 0. The molecule has 1 saturated carbocycles. The normalized spacial score (nSPS) is 17.7. The van der Waals surface area contributed by atoms with Gasteiger partial charge in [0.1, 0.15) is 17.9 Å². The quantitative estimate of drug-likeness (QED) is 0.0655. The Morgan fingerprint density at radius 3 is 2.40 bits per heavy atom. The molecule has 2 saturated heterocycles. The average Bonchev–Trinajstić information content (AvgIpc) is 3.68. The molecule has 0 unspecified atom stereocenters. The molecular formula is C52H62FN13O6S. The van der Waals surface area contributed by atoms with Crippen LogP contribution in [0.2, 0.25) is 0 Å². The van der Waals surface area contributed by atoms with Crippen molar-refractivity contribution in [3.05, 3.63) is 101 Å². The Morgan fingerprint density at radius 1 is 0.945 bits per heavy atom. The van der Waals surface area contributed by atoms with Crippen molar-refractivity contribution in [2.45, 2.75) is 96.9 Å². The van der Waals surface area contributed by atoms with Gasteiger partial charge in [0, 0.05) is 101 Å². The van der Waals surface area contributed by atoms with E-state index in [0.717, 1.165) is 51.5 Å². The van der Waals surface area contributed by atoms with Crippen LogP contribution in [-0.4, -0.2) is 143 Å². The van der Waals surface area contributed by atoms with E-state index in [1.165, 1.54) is 11.0 Å². The summed E-state index contributed by atoms with van der Waals surface area (Å²) in [6, 6.07) is 10.3. The summed E-state index contributed by atoms with van der Waals surface area (Å²) in [6.07, 6.45) is 8.83. The number of aromatic nitrogens is 6. The van der Waals surface area contributed by atoms with E-state index in [4.69, 9.17) is 4.98 Å². The SMILES string of the molecule is Cc1ncsc1-c1ccc(CNC(=O)[C@@H]2C[C@@H](O)CN2C(=O)[C@@H](NC(=O)CCCC(=O)NCCN2CCN(C(=O)c3ccc(Nc4nc(C5CC5)cn5c(-c6cn[nH]c6)cnc45)c(F)c3)CC2)C(C)(C)C)cc1. The molecule has 0 spiro atoms. The maximum atomic E-state index is 15.7. The first-order chi connectivity index (χ1) is 35.1. The number of aliphatic hydroxyl groups excluding tert-OH is 1. The number of benzene rings is 2. The van der Waals surface area contributed by atoms with E-state index in [1.54, 1.807) is 52.5 Å². The second-order valence-electron chi connectivity index (χ2n) is 20.2. The van der Waals surface area contributed by atoms with Crippen molar-refractivity contribution in [1.29, 1.82) is 0 Å². The molecule has 4 aromatic heterocycles. The number of imidazole rings is 1. The number of nitrogens with one attached hydrogen (secondary N) is 5. The summed E-state index contributed by atoms with van der Waals surface area (Å²) < 4.78 is 17.6. The minimum atomic E-state index is -0.978. The number of carbonyl (C=O) groups excluding carboxylic acids is 5. The number of hydrogen-bond acceptors (Lipinski definition) is 13. The Balaban J connectivity index is 0.688. The molecule has 2 aliphatic heterocycles. The lowest BCUT2D eigenvalue weighted by molar-refractivity contribution is -0.144. The zero-order valence-corrected chi connectivity index (χ0v) is 42.3. The average molecular weight is 1020 g/mol. The molecule has 1 aliphatic carbocycles. The van der Waals surface area contributed by atoms with Crippen molar-refractivity contribution in [1.82, 2.24) is 60.2 Å². The van der Waals surface area contributed by atoms with Gasteiger partial charge >= 0.3 is 0 Å². The highest BCUT2D eigenvalue weighted by molar-refractivity contribution is 7.13. The molecule has 384 valence electrons. The number of thiazole rings is 1. The van der Waals surface area contributed by atoms with E-state index in [0.29, 0.717) is 56.7 Å². The smallest absolute Gasteiger partial charge is 0.254 e. The van der Waals surface area contributed by atoms with Gasteiger partial charge in [-0.05, 0) is 60.9 Å². The molecule has 3 fully saturated rings. The Morgan fingerprint density at radius 2 is 1.71 bits per heavy atom. The number of aliphatic hydroxyl groups is 1. The first kappa shape index (κ1) is 50.8. The number of anilines is 2. The van der Waals surface area contributed by atoms with Gasteiger partial charge in [-0.15, -0.1) is 11.3 Å². The number of likely N-dealkylation sites (tertiary alicyclic amines) is 1. The molecule has 3 aliphatic rings. The van der Waals surface area contributed by atoms with Crippen LogP contribution in [0.25, 0.3) is 27.3 Å². The number of β-amino-alcohol motifs (C(OH)–C–C–N with tert-alkyl or cyclic N) is 1. The van der Waals surface area contributed by atoms with Gasteiger partial charge in [-0.1, -0.05) is 45.0 Å². The van der Waals surface area contributed by atoms with Crippen molar-refractivity contribution in [2.24, 2.45) is 5.41 Å². The van der Waals surface area contributed by atoms with Crippen molar-refractivity contribution >= 4 is 58.0 Å². The summed E-state index contributed by atoms with van der Waals surface area (Å²) in [5.74, 6) is -1.56. The number of fused-ring (bicyclic) bond motifs is 1. The predicted octanol–water partition coefficient (Wildman–Crippen LogP) is 5.16. The second kappa shape index (κ2) is 21.9. The molecule has 0 radical (unpaired) electrons. The number of halogens is 1. The number of aromatic amines is 1. The minimum Gasteiger partial charge on any atom is -0.391 e. The highest BCUT2D eigenvalue weighted by Gasteiger charge is 2.44. The molecule has 6 aromatic rings. The molecule has 9 rings (SSSR count). The second-order valence-corrected chi connectivity index (χ2v) is 21.1. The van der Waals surface area contributed by atoms with Crippen LogP contribution in [0.15, 0.2) is 72.8 Å². The van der Waals surface area contributed by atoms with Gasteiger partial charge in [0.2, 0.25) is 23.6 Å². The van der Waals surface area contributed by atoms with Gasteiger partial charge in [-0.2, -0.15) is 5.10 Å². The van der Waals surface area contributed by atoms with Crippen LogP contribution in [0, 0.1) is 18.2 Å². The number of H-pyrrole nitrogens is 1. The third kappa shape index (κ3) is 12.1. The van der Waals surface area contributed by atoms with Crippen LogP contribution >= 0.6 is 11.3 Å². The number of aryl methyl sites for hydroxylation is 1. The van der Waals surface area contributed by atoms with Crippen LogP contribution in [0.4, 0.5) is 15.9 Å². The minimum absolute atomic E-state index is 0.00869. The topological polar surface area (TPSA) is 235 Å². The fourth-order valence-electron chi connectivity index (χ4n) is 9.37. The molecule has 0 bridgehead atoms. The number of nitrogens with zero attached hydrogens (tertiary/aromatic N) is 8. The van der Waals surface area contributed by atoms with Gasteiger partial charge < -0.3 is 36.2 Å². The van der Waals surface area contributed by atoms with Gasteiger partial charge in [0.15, 0.2) is 11.5 Å². The predicted molar refractivity (Wildman–Crippen MR) is 273 cm³/mol. The number of amides is 5. The van der Waals surface area contributed by atoms with Gasteiger partial charge in [0.25, 0.3) is 5.91 Å². The highest BCUT2D eigenvalue weighted by Crippen LogP contribution is 2.41. The Hall–Kier alpha value is -7.10.